The van der Waals surface area contributed by atoms with Gasteiger partial charge in [-0.1, -0.05) is 212 Å². The van der Waals surface area contributed by atoms with Gasteiger partial charge in [-0.25, -0.2) is 15.0 Å². The topological polar surface area (TPSA) is 48.5 Å². The van der Waals surface area contributed by atoms with E-state index < -0.39 is 0 Å². The minimum atomic E-state index is 0.580. The zero-order valence-corrected chi connectivity index (χ0v) is 36.9. The molecular formula is C63H41N5. The van der Waals surface area contributed by atoms with Crippen LogP contribution in [-0.2, 0) is 0 Å². The SMILES string of the molecule is c1ccc(-c2nc(-c3ccccc3)nc(-c3cc(-n4c5ccccc5c5c(-c6ccccc6)cccc54)c(-c4ccccc4)c(-n4c5ccccc5c5c(-c6ccccc6)cccc54)c3)n2)cc1. The molecule has 0 unspecified atom stereocenters. The molecular weight excluding hydrogens is 827 g/mol. The first-order valence-electron chi connectivity index (χ1n) is 23.0. The van der Waals surface area contributed by atoms with Gasteiger partial charge in [-0.15, -0.1) is 0 Å². The summed E-state index contributed by atoms with van der Waals surface area (Å²) in [6, 6.07) is 88.3. The highest BCUT2D eigenvalue weighted by Gasteiger charge is 2.26. The van der Waals surface area contributed by atoms with E-state index in [0.29, 0.717) is 17.5 Å². The van der Waals surface area contributed by atoms with E-state index >= 15 is 0 Å². The number of para-hydroxylation sites is 2. The fourth-order valence-electron chi connectivity index (χ4n) is 10.2. The Morgan fingerprint density at radius 1 is 0.250 bits per heavy atom. The largest absolute Gasteiger partial charge is 0.308 e. The second-order valence-corrected chi connectivity index (χ2v) is 17.1. The molecule has 0 radical (unpaired) electrons. The smallest absolute Gasteiger partial charge is 0.164 e. The van der Waals surface area contributed by atoms with Crippen molar-refractivity contribution in [2.24, 2.45) is 0 Å². The van der Waals surface area contributed by atoms with Crippen LogP contribution in [0.3, 0.4) is 0 Å². The molecule has 0 bridgehead atoms. The highest BCUT2D eigenvalue weighted by atomic mass is 15.1. The standard InChI is InChI=1S/C63H41N5/c1-6-22-42(23-7-1)48-34-20-38-54-59(48)50-32-16-18-36-52(50)67(54)56-40-47(63-65-61(45-28-12-4-13-29-45)64-62(66-63)46-30-14-5-15-31-46)41-57(58(56)44-26-10-3-11-27-44)68-53-37-19-17-33-51(53)60-49(35-21-39-55(60)68)43-24-8-2-9-25-43/h1-41H. The third kappa shape index (κ3) is 6.51. The summed E-state index contributed by atoms with van der Waals surface area (Å²) in [5, 5.41) is 4.75. The van der Waals surface area contributed by atoms with Crippen molar-refractivity contribution in [2.45, 2.75) is 0 Å². The molecule has 0 aliphatic heterocycles. The Balaban J connectivity index is 1.21. The quantitative estimate of drug-likeness (QED) is 0.153. The lowest BCUT2D eigenvalue weighted by Crippen LogP contribution is -2.06. The molecule has 10 aromatic carbocycles. The molecule has 0 aliphatic carbocycles. The molecule has 0 amide bonds. The number of rotatable bonds is 8. The van der Waals surface area contributed by atoms with Crippen LogP contribution in [0.25, 0.3) is 123 Å². The van der Waals surface area contributed by atoms with Crippen molar-refractivity contribution >= 4 is 43.6 Å². The number of hydrogen-bond acceptors (Lipinski definition) is 3. The van der Waals surface area contributed by atoms with Gasteiger partial charge in [0.25, 0.3) is 0 Å². The van der Waals surface area contributed by atoms with Crippen molar-refractivity contribution in [3.05, 3.63) is 249 Å². The Morgan fingerprint density at radius 3 is 0.985 bits per heavy atom. The average Bonchev–Trinajstić information content (AvgIpc) is 3.95. The lowest BCUT2D eigenvalue weighted by molar-refractivity contribution is 1.07. The van der Waals surface area contributed by atoms with Crippen LogP contribution in [0.1, 0.15) is 0 Å². The van der Waals surface area contributed by atoms with Gasteiger partial charge in [-0.2, -0.15) is 0 Å². The minimum Gasteiger partial charge on any atom is -0.308 e. The summed E-state index contributed by atoms with van der Waals surface area (Å²) < 4.78 is 4.93. The summed E-state index contributed by atoms with van der Waals surface area (Å²) in [6.07, 6.45) is 0. The van der Waals surface area contributed by atoms with Gasteiger partial charge in [0.15, 0.2) is 17.5 Å². The second kappa shape index (κ2) is 16.4. The predicted molar refractivity (Wildman–Crippen MR) is 281 cm³/mol. The predicted octanol–water partition coefficient (Wildman–Crippen LogP) is 16.1. The van der Waals surface area contributed by atoms with Crippen molar-refractivity contribution in [1.82, 2.24) is 24.1 Å². The summed E-state index contributed by atoms with van der Waals surface area (Å²) in [5.74, 6) is 1.80. The van der Waals surface area contributed by atoms with E-state index in [-0.39, 0.29) is 0 Å². The Kier molecular flexibility index (Phi) is 9.43. The number of fused-ring (bicyclic) bond motifs is 6. The zero-order valence-electron chi connectivity index (χ0n) is 36.9. The number of aromatic nitrogens is 5. The summed E-state index contributed by atoms with van der Waals surface area (Å²) in [7, 11) is 0. The van der Waals surface area contributed by atoms with Crippen LogP contribution < -0.4 is 0 Å². The van der Waals surface area contributed by atoms with Crippen LogP contribution in [0, 0.1) is 0 Å². The lowest BCUT2D eigenvalue weighted by atomic mass is 9.97. The van der Waals surface area contributed by atoms with Crippen molar-refractivity contribution in [1.29, 1.82) is 0 Å². The lowest BCUT2D eigenvalue weighted by Gasteiger charge is -2.22. The average molecular weight is 868 g/mol. The van der Waals surface area contributed by atoms with E-state index in [1.807, 2.05) is 36.4 Å². The maximum atomic E-state index is 5.36. The maximum Gasteiger partial charge on any atom is 0.164 e. The molecule has 318 valence electrons. The Hall–Kier alpha value is -9.19. The molecule has 3 heterocycles. The van der Waals surface area contributed by atoms with Gasteiger partial charge in [0.1, 0.15) is 0 Å². The van der Waals surface area contributed by atoms with E-state index in [1.165, 1.54) is 43.8 Å². The van der Waals surface area contributed by atoms with E-state index in [4.69, 9.17) is 15.0 Å². The van der Waals surface area contributed by atoms with Crippen molar-refractivity contribution in [3.8, 4) is 78.9 Å². The normalized spacial score (nSPS) is 11.5. The van der Waals surface area contributed by atoms with Crippen LogP contribution in [-0.4, -0.2) is 24.1 Å². The van der Waals surface area contributed by atoms with Crippen LogP contribution >= 0.6 is 0 Å². The second-order valence-electron chi connectivity index (χ2n) is 17.1. The Morgan fingerprint density at radius 2 is 0.574 bits per heavy atom. The first kappa shape index (κ1) is 39.2. The molecule has 13 aromatic rings. The molecule has 5 nitrogen and oxygen atoms in total. The van der Waals surface area contributed by atoms with Gasteiger partial charge in [-0.05, 0) is 64.2 Å². The van der Waals surface area contributed by atoms with Crippen LogP contribution in [0.5, 0.6) is 0 Å². The molecule has 0 atom stereocenters. The molecule has 5 heteroatoms. The zero-order chi connectivity index (χ0) is 45.0. The maximum absolute atomic E-state index is 5.36. The fourth-order valence-corrected chi connectivity index (χ4v) is 10.2. The van der Waals surface area contributed by atoms with Crippen molar-refractivity contribution in [3.63, 3.8) is 0 Å². The Labute approximate surface area is 393 Å². The van der Waals surface area contributed by atoms with E-state index in [2.05, 4.69) is 221 Å². The molecule has 3 aromatic heterocycles. The van der Waals surface area contributed by atoms with Gasteiger partial charge < -0.3 is 9.13 Å². The molecule has 0 aliphatic rings. The molecule has 13 rings (SSSR count). The molecule has 0 saturated heterocycles. The van der Waals surface area contributed by atoms with Gasteiger partial charge in [0.05, 0.1) is 33.4 Å². The minimum absolute atomic E-state index is 0.580. The number of nitrogens with zero attached hydrogens (tertiary/aromatic N) is 5. The van der Waals surface area contributed by atoms with Crippen molar-refractivity contribution < 1.29 is 0 Å². The fraction of sp³-hybridized carbons (Fsp3) is 0. The van der Waals surface area contributed by atoms with E-state index in [0.717, 1.165) is 61.3 Å². The van der Waals surface area contributed by atoms with Crippen LogP contribution in [0.15, 0.2) is 249 Å². The van der Waals surface area contributed by atoms with Gasteiger partial charge >= 0.3 is 0 Å². The monoisotopic (exact) mass is 867 g/mol. The van der Waals surface area contributed by atoms with Gasteiger partial charge in [0, 0.05) is 43.8 Å². The van der Waals surface area contributed by atoms with Gasteiger partial charge in [0.2, 0.25) is 0 Å². The van der Waals surface area contributed by atoms with E-state index in [1.54, 1.807) is 0 Å². The molecule has 0 fully saturated rings. The third-order valence-electron chi connectivity index (χ3n) is 13.2. The van der Waals surface area contributed by atoms with E-state index in [9.17, 15) is 0 Å². The summed E-state index contributed by atoms with van der Waals surface area (Å²) >= 11 is 0. The van der Waals surface area contributed by atoms with Crippen LogP contribution in [0.2, 0.25) is 0 Å². The highest BCUT2D eigenvalue weighted by molar-refractivity contribution is 6.18. The molecule has 0 saturated carbocycles. The molecule has 68 heavy (non-hydrogen) atoms. The Bertz CT molecular complexity index is 3750. The van der Waals surface area contributed by atoms with Gasteiger partial charge in [-0.3, -0.25) is 0 Å². The summed E-state index contributed by atoms with van der Waals surface area (Å²) in [6.45, 7) is 0. The first-order chi connectivity index (χ1) is 33.8. The molecule has 0 N–H and O–H groups in total. The van der Waals surface area contributed by atoms with Crippen molar-refractivity contribution in [2.75, 3.05) is 0 Å². The number of benzene rings is 10. The van der Waals surface area contributed by atoms with Crippen LogP contribution in [0.4, 0.5) is 0 Å². The molecule has 0 spiro atoms. The third-order valence-corrected chi connectivity index (χ3v) is 13.2. The summed E-state index contributed by atoms with van der Waals surface area (Å²) in [5.41, 5.74) is 16.0. The number of hydrogen-bond donors (Lipinski definition) is 0. The summed E-state index contributed by atoms with van der Waals surface area (Å²) in [4.78, 5) is 15.8. The highest BCUT2D eigenvalue weighted by Crippen LogP contribution is 2.46. The first-order valence-corrected chi connectivity index (χ1v) is 23.0.